The number of carbonyl (C=O) groups excluding carboxylic acids is 2. The second kappa shape index (κ2) is 6.49. The van der Waals surface area contributed by atoms with Crippen LogP contribution in [-0.4, -0.2) is 18.3 Å². The minimum Gasteiger partial charge on any atom is -0.484 e. The summed E-state index contributed by atoms with van der Waals surface area (Å²) in [4.78, 5) is 23.2. The lowest BCUT2D eigenvalue weighted by molar-refractivity contribution is 0.0910. The predicted molar refractivity (Wildman–Crippen MR) is 78.9 cm³/mol. The van der Waals surface area contributed by atoms with Gasteiger partial charge in [0, 0.05) is 10.0 Å². The highest BCUT2D eigenvalue weighted by Crippen LogP contribution is 2.21. The Labute approximate surface area is 128 Å². The number of carbonyl (C=O) groups is 2. The number of amides is 1. The van der Waals surface area contributed by atoms with Gasteiger partial charge in [-0.3, -0.25) is 9.59 Å². The Morgan fingerprint density at radius 3 is 2.43 bits per heavy atom. The van der Waals surface area contributed by atoms with E-state index in [-0.39, 0.29) is 23.7 Å². The van der Waals surface area contributed by atoms with Crippen molar-refractivity contribution in [3.8, 4) is 5.75 Å². The molecule has 0 bridgehead atoms. The van der Waals surface area contributed by atoms with Crippen molar-refractivity contribution < 1.29 is 18.7 Å². The summed E-state index contributed by atoms with van der Waals surface area (Å²) in [7, 11) is 0. The van der Waals surface area contributed by atoms with E-state index in [1.165, 1.54) is 12.1 Å². The van der Waals surface area contributed by atoms with Gasteiger partial charge in [-0.1, -0.05) is 34.1 Å². The molecule has 21 heavy (non-hydrogen) atoms. The Balaban J connectivity index is 2.13. The molecular weight excluding hydrogens is 341 g/mol. The highest BCUT2D eigenvalue weighted by molar-refractivity contribution is 9.10. The Morgan fingerprint density at radius 1 is 1.14 bits per heavy atom. The van der Waals surface area contributed by atoms with Gasteiger partial charge in [0.2, 0.25) is 0 Å². The first-order valence-electron chi connectivity index (χ1n) is 5.99. The molecular formula is C15H11BrFNO3. The Hall–Kier alpha value is -2.21. The maximum atomic E-state index is 13.5. The molecule has 0 radical (unpaired) electrons. The van der Waals surface area contributed by atoms with Crippen molar-refractivity contribution in [1.29, 1.82) is 0 Å². The van der Waals surface area contributed by atoms with Crippen LogP contribution in [0.5, 0.6) is 5.75 Å². The van der Waals surface area contributed by atoms with E-state index in [9.17, 15) is 14.0 Å². The molecule has 0 heterocycles. The maximum absolute atomic E-state index is 13.5. The van der Waals surface area contributed by atoms with Gasteiger partial charge in [-0.05, 0) is 24.3 Å². The van der Waals surface area contributed by atoms with Gasteiger partial charge in [0.15, 0.2) is 12.4 Å². The molecule has 0 saturated heterocycles. The normalized spacial score (nSPS) is 10.2. The molecule has 0 aliphatic heterocycles. The van der Waals surface area contributed by atoms with Crippen LogP contribution in [0.2, 0.25) is 0 Å². The highest BCUT2D eigenvalue weighted by Gasteiger charge is 2.16. The van der Waals surface area contributed by atoms with Gasteiger partial charge in [-0.2, -0.15) is 0 Å². The van der Waals surface area contributed by atoms with E-state index in [2.05, 4.69) is 15.9 Å². The first-order valence-corrected chi connectivity index (χ1v) is 6.78. The van der Waals surface area contributed by atoms with Crippen molar-refractivity contribution in [1.82, 2.24) is 0 Å². The van der Waals surface area contributed by atoms with Crippen LogP contribution in [0.3, 0.4) is 0 Å². The molecule has 0 saturated carbocycles. The van der Waals surface area contributed by atoms with Gasteiger partial charge in [0.05, 0.1) is 0 Å². The number of halogens is 2. The van der Waals surface area contributed by atoms with Gasteiger partial charge in [-0.25, -0.2) is 4.39 Å². The Morgan fingerprint density at radius 2 is 1.81 bits per heavy atom. The molecule has 6 heteroatoms. The smallest absolute Gasteiger partial charge is 0.255 e. The highest BCUT2D eigenvalue weighted by atomic mass is 79.9. The van der Waals surface area contributed by atoms with E-state index in [1.54, 1.807) is 24.3 Å². The Kier molecular flexibility index (Phi) is 4.70. The van der Waals surface area contributed by atoms with Gasteiger partial charge >= 0.3 is 0 Å². The van der Waals surface area contributed by atoms with E-state index in [0.717, 1.165) is 10.5 Å². The minimum absolute atomic E-state index is 0.0482. The molecule has 0 atom stereocenters. The third kappa shape index (κ3) is 3.66. The number of ether oxygens (including phenoxy) is 1. The van der Waals surface area contributed by atoms with Crippen LogP contribution in [0.1, 0.15) is 20.7 Å². The summed E-state index contributed by atoms with van der Waals surface area (Å²) in [6.07, 6.45) is 0. The summed E-state index contributed by atoms with van der Waals surface area (Å²) in [6, 6.07) is 10.6. The van der Waals surface area contributed by atoms with Gasteiger partial charge < -0.3 is 10.5 Å². The number of hydrogen-bond donors (Lipinski definition) is 1. The summed E-state index contributed by atoms with van der Waals surface area (Å²) >= 11 is 3.27. The van der Waals surface area contributed by atoms with Crippen molar-refractivity contribution in [2.75, 3.05) is 6.61 Å². The van der Waals surface area contributed by atoms with E-state index < -0.39 is 11.7 Å². The van der Waals surface area contributed by atoms with Gasteiger partial charge in [-0.15, -0.1) is 0 Å². The molecule has 0 spiro atoms. The largest absolute Gasteiger partial charge is 0.484 e. The second-order valence-electron chi connectivity index (χ2n) is 4.20. The molecule has 2 rings (SSSR count). The fourth-order valence-corrected chi connectivity index (χ4v) is 1.99. The maximum Gasteiger partial charge on any atom is 0.255 e. The van der Waals surface area contributed by atoms with Crippen molar-refractivity contribution in [2.45, 2.75) is 0 Å². The van der Waals surface area contributed by atoms with Crippen LogP contribution in [0.4, 0.5) is 4.39 Å². The molecule has 2 aromatic rings. The Bertz CT molecular complexity index is 686. The number of benzene rings is 2. The van der Waals surface area contributed by atoms with Crippen molar-refractivity contribution in [3.05, 3.63) is 63.9 Å². The van der Waals surface area contributed by atoms with E-state index in [0.29, 0.717) is 5.56 Å². The van der Waals surface area contributed by atoms with Crippen LogP contribution in [0, 0.1) is 5.82 Å². The lowest BCUT2D eigenvalue weighted by Gasteiger charge is -2.09. The number of Topliss-reactive ketones (excluding diaryl/α,β-unsaturated/α-hetero) is 1. The van der Waals surface area contributed by atoms with Crippen LogP contribution in [0.15, 0.2) is 46.9 Å². The molecule has 4 nitrogen and oxygen atoms in total. The minimum atomic E-state index is -0.945. The molecule has 108 valence electrons. The van der Waals surface area contributed by atoms with E-state index in [4.69, 9.17) is 10.5 Å². The summed E-state index contributed by atoms with van der Waals surface area (Å²) < 4.78 is 19.6. The first kappa shape index (κ1) is 15.2. The first-order chi connectivity index (χ1) is 9.99. The molecule has 0 fully saturated rings. The molecule has 0 aromatic heterocycles. The predicted octanol–water partition coefficient (Wildman–Crippen LogP) is 2.95. The molecule has 0 unspecified atom stereocenters. The lowest BCUT2D eigenvalue weighted by atomic mass is 10.1. The average Bonchev–Trinajstić information content (AvgIpc) is 2.45. The fraction of sp³-hybridized carbons (Fsp3) is 0.0667. The topological polar surface area (TPSA) is 69.4 Å². The lowest BCUT2D eigenvalue weighted by Crippen LogP contribution is -2.18. The molecule has 2 aromatic carbocycles. The summed E-state index contributed by atoms with van der Waals surface area (Å²) in [6.45, 7) is -0.314. The number of ketones is 1. The van der Waals surface area contributed by atoms with Crippen LogP contribution in [-0.2, 0) is 0 Å². The molecule has 0 aliphatic carbocycles. The van der Waals surface area contributed by atoms with Crippen LogP contribution < -0.4 is 10.5 Å². The molecule has 2 N–H and O–H groups in total. The fourth-order valence-electron chi connectivity index (χ4n) is 1.73. The van der Waals surface area contributed by atoms with Crippen molar-refractivity contribution >= 4 is 27.6 Å². The summed E-state index contributed by atoms with van der Waals surface area (Å²) in [5.74, 6) is -2.06. The zero-order chi connectivity index (χ0) is 15.4. The van der Waals surface area contributed by atoms with E-state index in [1.807, 2.05) is 0 Å². The number of hydrogen-bond acceptors (Lipinski definition) is 3. The van der Waals surface area contributed by atoms with Gasteiger partial charge in [0.1, 0.15) is 17.1 Å². The SMILES string of the molecule is NC(=O)c1c(F)cccc1OCC(=O)c1ccc(Br)cc1. The molecule has 0 aliphatic rings. The van der Waals surface area contributed by atoms with Crippen LogP contribution in [0.25, 0.3) is 0 Å². The average molecular weight is 352 g/mol. The monoisotopic (exact) mass is 351 g/mol. The van der Waals surface area contributed by atoms with E-state index >= 15 is 0 Å². The van der Waals surface area contributed by atoms with Crippen LogP contribution >= 0.6 is 15.9 Å². The summed E-state index contributed by atoms with van der Waals surface area (Å²) in [5, 5.41) is 0. The number of nitrogens with two attached hydrogens (primary N) is 1. The second-order valence-corrected chi connectivity index (χ2v) is 5.11. The third-order valence-electron chi connectivity index (χ3n) is 2.75. The quantitative estimate of drug-likeness (QED) is 0.842. The van der Waals surface area contributed by atoms with Crippen molar-refractivity contribution in [2.24, 2.45) is 5.73 Å². The number of rotatable bonds is 5. The third-order valence-corrected chi connectivity index (χ3v) is 3.28. The van der Waals surface area contributed by atoms with Crippen molar-refractivity contribution in [3.63, 3.8) is 0 Å². The zero-order valence-corrected chi connectivity index (χ0v) is 12.4. The number of primary amides is 1. The summed E-state index contributed by atoms with van der Waals surface area (Å²) in [5.41, 5.74) is 5.19. The standard InChI is InChI=1S/C15H11BrFNO3/c16-10-6-4-9(5-7-10)12(19)8-21-13-3-1-2-11(17)14(13)15(18)20/h1-7H,8H2,(H2,18,20). The molecule has 1 amide bonds. The van der Waals surface area contributed by atoms with Gasteiger partial charge in [0.25, 0.3) is 5.91 Å². The zero-order valence-electron chi connectivity index (χ0n) is 10.8.